The summed E-state index contributed by atoms with van der Waals surface area (Å²) in [5.41, 5.74) is 0. The predicted octanol–water partition coefficient (Wildman–Crippen LogP) is 4.09. The molecular weight excluding hydrogens is 312 g/mol. The molecule has 0 fully saturated rings. The molecule has 0 aliphatic carbocycles. The lowest BCUT2D eigenvalue weighted by Gasteiger charge is -2.25. The van der Waals surface area contributed by atoms with Crippen LogP contribution in [0.2, 0.25) is 0 Å². The highest BCUT2D eigenvalue weighted by Crippen LogP contribution is 2.39. The Labute approximate surface area is 107 Å². The predicted molar refractivity (Wildman–Crippen MR) is 48.7 cm³/mol. The maximum Gasteiger partial charge on any atom is 0.453 e. The minimum atomic E-state index is -5.79. The van der Waals surface area contributed by atoms with Crippen LogP contribution in [0.15, 0.2) is 0 Å². The molecule has 0 saturated heterocycles. The number of hydrogen-bond acceptors (Lipinski definition) is 1. The molecule has 0 amide bonds. The molecule has 0 N–H and O–H groups in total. The van der Waals surface area contributed by atoms with Crippen LogP contribution in [-0.2, 0) is 0 Å². The van der Waals surface area contributed by atoms with Gasteiger partial charge in [-0.2, -0.15) is 43.9 Å². The Morgan fingerprint density at radius 2 is 0.850 bits per heavy atom. The van der Waals surface area contributed by atoms with Gasteiger partial charge in [-0.25, -0.2) is 0 Å². The first-order chi connectivity index (χ1) is 8.60. The molecule has 0 saturated carbocycles. The van der Waals surface area contributed by atoms with Gasteiger partial charge in [0.05, 0.1) is 0 Å². The standard InChI is InChI=1S/C9H11F10N/c1-20(4-2-6(10,11)8(14,15)16)5-3-7(12,13)9(17,18)19/h2-5H2,1H3. The van der Waals surface area contributed by atoms with Crippen molar-refractivity contribution in [3.63, 3.8) is 0 Å². The summed E-state index contributed by atoms with van der Waals surface area (Å²) >= 11 is 0. The molecule has 0 atom stereocenters. The van der Waals surface area contributed by atoms with E-state index in [1.165, 1.54) is 0 Å². The van der Waals surface area contributed by atoms with Gasteiger partial charge in [-0.05, 0) is 7.05 Å². The van der Waals surface area contributed by atoms with Crippen molar-refractivity contribution >= 4 is 0 Å². The van der Waals surface area contributed by atoms with Crippen LogP contribution >= 0.6 is 0 Å². The summed E-state index contributed by atoms with van der Waals surface area (Å²) in [6.45, 7) is -1.94. The fourth-order valence-corrected chi connectivity index (χ4v) is 1.06. The maximum atomic E-state index is 12.5. The SMILES string of the molecule is CN(CCC(F)(F)C(F)(F)F)CCC(F)(F)C(F)(F)F. The topological polar surface area (TPSA) is 3.24 Å². The lowest BCUT2D eigenvalue weighted by Crippen LogP contribution is -2.42. The molecule has 1 nitrogen and oxygen atoms in total. The Morgan fingerprint density at radius 3 is 1.05 bits per heavy atom. The second-order valence-electron chi connectivity index (χ2n) is 4.21. The zero-order valence-electron chi connectivity index (χ0n) is 10.1. The molecule has 0 aromatic heterocycles. The fourth-order valence-electron chi connectivity index (χ4n) is 1.06. The average molecular weight is 323 g/mol. The lowest BCUT2D eigenvalue weighted by molar-refractivity contribution is -0.287. The van der Waals surface area contributed by atoms with Crippen molar-refractivity contribution in [2.24, 2.45) is 0 Å². The number of nitrogens with zero attached hydrogens (tertiary/aromatic N) is 1. The van der Waals surface area contributed by atoms with E-state index >= 15 is 0 Å². The number of rotatable bonds is 6. The number of alkyl halides is 10. The van der Waals surface area contributed by atoms with Crippen LogP contribution in [0.3, 0.4) is 0 Å². The molecule has 0 aromatic rings. The summed E-state index contributed by atoms with van der Waals surface area (Å²) in [7, 11) is 0.874. The van der Waals surface area contributed by atoms with Gasteiger partial charge in [0.15, 0.2) is 0 Å². The van der Waals surface area contributed by atoms with Gasteiger partial charge in [-0.1, -0.05) is 0 Å². The van der Waals surface area contributed by atoms with E-state index in [1.54, 1.807) is 0 Å². The van der Waals surface area contributed by atoms with E-state index in [-0.39, 0.29) is 0 Å². The van der Waals surface area contributed by atoms with Gasteiger partial charge >= 0.3 is 24.2 Å². The van der Waals surface area contributed by atoms with Crippen LogP contribution in [0, 0.1) is 0 Å². The third-order valence-electron chi connectivity index (χ3n) is 2.44. The molecule has 0 aromatic carbocycles. The quantitative estimate of drug-likeness (QED) is 0.666. The van der Waals surface area contributed by atoms with Crippen LogP contribution in [0.5, 0.6) is 0 Å². The molecule has 0 heterocycles. The summed E-state index contributed by atoms with van der Waals surface area (Å²) in [5.74, 6) is -10.0. The van der Waals surface area contributed by atoms with E-state index in [4.69, 9.17) is 0 Å². The molecule has 0 unspecified atom stereocenters. The van der Waals surface area contributed by atoms with E-state index in [1.807, 2.05) is 0 Å². The van der Waals surface area contributed by atoms with Crippen LogP contribution in [0.4, 0.5) is 43.9 Å². The van der Waals surface area contributed by atoms with Crippen LogP contribution < -0.4 is 0 Å². The highest BCUT2D eigenvalue weighted by molar-refractivity contribution is 4.79. The van der Waals surface area contributed by atoms with Crippen molar-refractivity contribution in [2.75, 3.05) is 20.1 Å². The van der Waals surface area contributed by atoms with Gasteiger partial charge in [-0.3, -0.25) is 0 Å². The lowest BCUT2D eigenvalue weighted by atomic mass is 10.2. The molecule has 0 radical (unpaired) electrons. The molecule has 11 heteroatoms. The molecule has 0 rings (SSSR count). The highest BCUT2D eigenvalue weighted by Gasteiger charge is 2.58. The van der Waals surface area contributed by atoms with Gasteiger partial charge in [0, 0.05) is 25.9 Å². The average Bonchev–Trinajstić information content (AvgIpc) is 2.20. The third-order valence-corrected chi connectivity index (χ3v) is 2.44. The van der Waals surface area contributed by atoms with Crippen molar-refractivity contribution < 1.29 is 43.9 Å². The van der Waals surface area contributed by atoms with Crippen molar-refractivity contribution in [1.29, 1.82) is 0 Å². The molecule has 122 valence electrons. The van der Waals surface area contributed by atoms with E-state index in [9.17, 15) is 43.9 Å². The number of hydrogen-bond donors (Lipinski definition) is 0. The Bertz CT molecular complexity index is 275. The summed E-state index contributed by atoms with van der Waals surface area (Å²) < 4.78 is 121. The first kappa shape index (κ1) is 19.3. The zero-order valence-corrected chi connectivity index (χ0v) is 10.1. The minimum Gasteiger partial charge on any atom is -0.306 e. The zero-order chi connectivity index (χ0) is 16.4. The van der Waals surface area contributed by atoms with E-state index in [0.717, 1.165) is 7.05 Å². The molecule has 0 aliphatic heterocycles. The van der Waals surface area contributed by atoms with Crippen LogP contribution in [-0.4, -0.2) is 49.2 Å². The second kappa shape index (κ2) is 5.94. The van der Waals surface area contributed by atoms with Crippen molar-refractivity contribution in [2.45, 2.75) is 37.0 Å². The largest absolute Gasteiger partial charge is 0.453 e. The molecule has 0 spiro atoms. The van der Waals surface area contributed by atoms with Crippen molar-refractivity contribution in [3.8, 4) is 0 Å². The van der Waals surface area contributed by atoms with Crippen LogP contribution in [0.1, 0.15) is 12.8 Å². The minimum absolute atomic E-state index is 0.555. The van der Waals surface area contributed by atoms with Gasteiger partial charge in [0.25, 0.3) is 0 Å². The second-order valence-corrected chi connectivity index (χ2v) is 4.21. The van der Waals surface area contributed by atoms with Gasteiger partial charge in [0.1, 0.15) is 0 Å². The Hall–Kier alpha value is -0.740. The van der Waals surface area contributed by atoms with E-state index < -0.39 is 50.1 Å². The Kier molecular flexibility index (Phi) is 5.72. The van der Waals surface area contributed by atoms with E-state index in [0.29, 0.717) is 4.90 Å². The molecule has 0 bridgehead atoms. The van der Waals surface area contributed by atoms with Gasteiger partial charge in [-0.15, -0.1) is 0 Å². The maximum absolute atomic E-state index is 12.5. The summed E-state index contributed by atoms with van der Waals surface area (Å²) in [6.07, 6.45) is -15.0. The third kappa shape index (κ3) is 5.33. The van der Waals surface area contributed by atoms with E-state index in [2.05, 4.69) is 0 Å². The van der Waals surface area contributed by atoms with Crippen molar-refractivity contribution in [1.82, 2.24) is 4.90 Å². The van der Waals surface area contributed by atoms with Gasteiger partial charge in [0.2, 0.25) is 0 Å². The molecular formula is C9H11F10N. The highest BCUT2D eigenvalue weighted by atomic mass is 19.4. The summed E-state index contributed by atoms with van der Waals surface area (Å²) in [5, 5.41) is 0. The van der Waals surface area contributed by atoms with Crippen molar-refractivity contribution in [3.05, 3.63) is 0 Å². The van der Waals surface area contributed by atoms with Gasteiger partial charge < -0.3 is 4.90 Å². The fraction of sp³-hybridized carbons (Fsp3) is 1.00. The number of halogens is 10. The first-order valence-corrected chi connectivity index (χ1v) is 5.18. The smallest absolute Gasteiger partial charge is 0.306 e. The van der Waals surface area contributed by atoms with Crippen LogP contribution in [0.25, 0.3) is 0 Å². The Morgan fingerprint density at radius 1 is 0.600 bits per heavy atom. The molecule has 0 aliphatic rings. The first-order valence-electron chi connectivity index (χ1n) is 5.18. The summed E-state index contributed by atoms with van der Waals surface area (Å²) in [6, 6.07) is 0. The summed E-state index contributed by atoms with van der Waals surface area (Å²) in [4.78, 5) is 0.555. The Balaban J connectivity index is 4.31. The monoisotopic (exact) mass is 323 g/mol. The molecule has 20 heavy (non-hydrogen) atoms. The normalized spacial score (nSPS) is 15.0.